The Balaban J connectivity index is 1.66. The molecule has 0 saturated heterocycles. The molecule has 11 heteroatoms. The van der Waals surface area contributed by atoms with E-state index in [4.69, 9.17) is 21.4 Å². The molecule has 0 fully saturated rings. The number of carboxylic acid groups (broad SMARTS) is 1. The van der Waals surface area contributed by atoms with Crippen LogP contribution < -0.4 is 10.1 Å². The molecule has 1 amide bonds. The number of halogens is 2. The summed E-state index contributed by atoms with van der Waals surface area (Å²) in [5.41, 5.74) is -0.0993. The summed E-state index contributed by atoms with van der Waals surface area (Å²) in [6, 6.07) is 3.73. The molecular weight excluding hydrogens is 381 g/mol. The van der Waals surface area contributed by atoms with Crippen molar-refractivity contribution >= 4 is 29.2 Å². The van der Waals surface area contributed by atoms with Crippen molar-refractivity contribution in [3.8, 4) is 5.75 Å². The van der Waals surface area contributed by atoms with Crippen molar-refractivity contribution in [1.82, 2.24) is 19.6 Å². The predicted molar refractivity (Wildman–Crippen MR) is 92.4 cm³/mol. The number of anilines is 1. The van der Waals surface area contributed by atoms with Gasteiger partial charge in [-0.25, -0.2) is 13.9 Å². The third-order valence-electron chi connectivity index (χ3n) is 3.41. The molecule has 2 aromatic heterocycles. The monoisotopic (exact) mass is 393 g/mol. The Kier molecular flexibility index (Phi) is 5.08. The van der Waals surface area contributed by atoms with E-state index in [9.17, 15) is 14.0 Å². The van der Waals surface area contributed by atoms with Gasteiger partial charge in [-0.1, -0.05) is 11.6 Å². The highest BCUT2D eigenvalue weighted by atomic mass is 35.5. The summed E-state index contributed by atoms with van der Waals surface area (Å²) in [4.78, 5) is 23.4. The zero-order chi connectivity index (χ0) is 19.6. The molecule has 2 heterocycles. The number of carbonyl (C=O) groups excluding carboxylic acids is 1. The first-order valence-electron chi connectivity index (χ1n) is 7.52. The highest BCUT2D eigenvalue weighted by molar-refractivity contribution is 6.32. The topological polar surface area (TPSA) is 111 Å². The summed E-state index contributed by atoms with van der Waals surface area (Å²) in [7, 11) is 1.51. The van der Waals surface area contributed by atoms with Crippen molar-refractivity contribution in [3.05, 3.63) is 58.9 Å². The fourth-order valence-corrected chi connectivity index (χ4v) is 2.46. The predicted octanol–water partition coefficient (Wildman–Crippen LogP) is 2.40. The van der Waals surface area contributed by atoms with Crippen LogP contribution in [0, 0.1) is 5.82 Å². The average Bonchev–Trinajstić information content (AvgIpc) is 3.20. The Morgan fingerprint density at radius 2 is 2.15 bits per heavy atom. The van der Waals surface area contributed by atoms with Crippen LogP contribution in [0.15, 0.2) is 36.8 Å². The van der Waals surface area contributed by atoms with E-state index in [1.165, 1.54) is 47.1 Å². The fraction of sp³-hybridized carbons (Fsp3) is 0.125. The zero-order valence-corrected chi connectivity index (χ0v) is 14.6. The van der Waals surface area contributed by atoms with Gasteiger partial charge in [0, 0.05) is 13.2 Å². The SMILES string of the molecule is Cn1cc(C(=O)Nc2cnn(COc3ccc(F)cc3Cl)c2)c(C(=O)O)n1. The Hall–Kier alpha value is -3.40. The first kappa shape index (κ1) is 18.4. The summed E-state index contributed by atoms with van der Waals surface area (Å²) in [5.74, 6) is -2.14. The van der Waals surface area contributed by atoms with Gasteiger partial charge in [-0.15, -0.1) is 0 Å². The van der Waals surface area contributed by atoms with Gasteiger partial charge in [0.25, 0.3) is 5.91 Å². The lowest BCUT2D eigenvalue weighted by molar-refractivity contribution is 0.0685. The van der Waals surface area contributed by atoms with Gasteiger partial charge in [0.1, 0.15) is 11.6 Å². The first-order valence-corrected chi connectivity index (χ1v) is 7.90. The van der Waals surface area contributed by atoms with Crippen LogP contribution in [0.25, 0.3) is 0 Å². The second-order valence-electron chi connectivity index (χ2n) is 5.44. The Labute approximate surface area is 156 Å². The molecule has 0 radical (unpaired) electrons. The van der Waals surface area contributed by atoms with E-state index < -0.39 is 17.7 Å². The number of aryl methyl sites for hydroxylation is 1. The summed E-state index contributed by atoms with van der Waals surface area (Å²) < 4.78 is 21.1. The molecule has 0 saturated carbocycles. The third-order valence-corrected chi connectivity index (χ3v) is 3.71. The van der Waals surface area contributed by atoms with Gasteiger partial charge in [0.15, 0.2) is 12.4 Å². The minimum absolute atomic E-state index is 0.0332. The molecule has 0 unspecified atom stereocenters. The van der Waals surface area contributed by atoms with Gasteiger partial charge >= 0.3 is 5.97 Å². The number of benzene rings is 1. The third kappa shape index (κ3) is 4.23. The molecule has 3 rings (SSSR count). The lowest BCUT2D eigenvalue weighted by atomic mass is 10.2. The minimum atomic E-state index is -1.30. The maximum atomic E-state index is 13.0. The molecule has 140 valence electrons. The van der Waals surface area contributed by atoms with E-state index in [0.29, 0.717) is 5.69 Å². The maximum Gasteiger partial charge on any atom is 0.357 e. The average molecular weight is 394 g/mol. The number of aromatic carboxylic acids is 1. The van der Waals surface area contributed by atoms with Crippen LogP contribution >= 0.6 is 11.6 Å². The molecule has 3 aromatic rings. The molecule has 1 aromatic carbocycles. The van der Waals surface area contributed by atoms with Crippen LogP contribution in [0.4, 0.5) is 10.1 Å². The summed E-state index contributed by atoms with van der Waals surface area (Å²) in [6.45, 7) is -0.0332. The van der Waals surface area contributed by atoms with Crippen LogP contribution in [0.5, 0.6) is 5.75 Å². The first-order chi connectivity index (χ1) is 12.8. The lowest BCUT2D eigenvalue weighted by Crippen LogP contribution is -2.15. The molecule has 0 bridgehead atoms. The Morgan fingerprint density at radius 3 is 2.85 bits per heavy atom. The maximum absolute atomic E-state index is 13.0. The number of nitrogens with one attached hydrogen (secondary N) is 1. The molecule has 9 nitrogen and oxygen atoms in total. The standard InChI is InChI=1S/C16H13ClFN5O4/c1-22-7-11(14(21-22)16(25)26)15(24)20-10-5-19-23(6-10)8-27-13-3-2-9(18)4-12(13)17/h2-7H,8H2,1H3,(H,20,24)(H,25,26). The minimum Gasteiger partial charge on any atom is -0.476 e. The fourth-order valence-electron chi connectivity index (χ4n) is 2.24. The number of ether oxygens (including phenoxy) is 1. The van der Waals surface area contributed by atoms with E-state index in [1.807, 2.05) is 0 Å². The quantitative estimate of drug-likeness (QED) is 0.665. The molecule has 0 aliphatic rings. The zero-order valence-electron chi connectivity index (χ0n) is 13.9. The van der Waals surface area contributed by atoms with Gasteiger partial charge in [-0.3, -0.25) is 9.48 Å². The van der Waals surface area contributed by atoms with Crippen LogP contribution in [0.2, 0.25) is 5.02 Å². The van der Waals surface area contributed by atoms with Crippen molar-refractivity contribution in [2.45, 2.75) is 6.73 Å². The summed E-state index contributed by atoms with van der Waals surface area (Å²) in [5, 5.41) is 19.5. The van der Waals surface area contributed by atoms with Gasteiger partial charge in [-0.05, 0) is 18.2 Å². The number of carbonyl (C=O) groups is 2. The summed E-state index contributed by atoms with van der Waals surface area (Å²) >= 11 is 5.87. The lowest BCUT2D eigenvalue weighted by Gasteiger charge is -2.07. The number of nitrogens with zero attached hydrogens (tertiary/aromatic N) is 4. The van der Waals surface area contributed by atoms with Crippen molar-refractivity contribution in [3.63, 3.8) is 0 Å². The number of aromatic nitrogens is 4. The van der Waals surface area contributed by atoms with Gasteiger partial charge < -0.3 is 15.2 Å². The largest absolute Gasteiger partial charge is 0.476 e. The normalized spacial score (nSPS) is 10.6. The number of carboxylic acids is 1. The van der Waals surface area contributed by atoms with Crippen molar-refractivity contribution in [2.24, 2.45) is 7.05 Å². The van der Waals surface area contributed by atoms with Crippen molar-refractivity contribution < 1.29 is 23.8 Å². The number of amides is 1. The highest BCUT2D eigenvalue weighted by Gasteiger charge is 2.21. The second-order valence-corrected chi connectivity index (χ2v) is 5.85. The molecule has 0 spiro atoms. The van der Waals surface area contributed by atoms with Crippen molar-refractivity contribution in [1.29, 1.82) is 0 Å². The van der Waals surface area contributed by atoms with Crippen LogP contribution in [0.3, 0.4) is 0 Å². The Morgan fingerprint density at radius 1 is 1.37 bits per heavy atom. The molecule has 2 N–H and O–H groups in total. The smallest absolute Gasteiger partial charge is 0.357 e. The second kappa shape index (κ2) is 7.46. The van der Waals surface area contributed by atoms with Gasteiger partial charge in [-0.2, -0.15) is 10.2 Å². The number of rotatable bonds is 6. The van der Waals surface area contributed by atoms with Crippen molar-refractivity contribution in [2.75, 3.05) is 5.32 Å². The van der Waals surface area contributed by atoms with E-state index in [0.717, 1.165) is 6.07 Å². The van der Waals surface area contributed by atoms with Crippen LogP contribution in [-0.4, -0.2) is 36.5 Å². The molecular formula is C16H13ClFN5O4. The van der Waals surface area contributed by atoms with E-state index in [-0.39, 0.29) is 28.8 Å². The van der Waals surface area contributed by atoms with E-state index >= 15 is 0 Å². The van der Waals surface area contributed by atoms with E-state index in [1.54, 1.807) is 0 Å². The Bertz CT molecular complexity index is 1020. The van der Waals surface area contributed by atoms with Gasteiger partial charge in [0.05, 0.1) is 28.7 Å². The van der Waals surface area contributed by atoms with E-state index in [2.05, 4.69) is 15.5 Å². The number of hydrogen-bond acceptors (Lipinski definition) is 5. The molecule has 0 aliphatic heterocycles. The molecule has 0 atom stereocenters. The van der Waals surface area contributed by atoms with Gasteiger partial charge in [0.2, 0.25) is 0 Å². The van der Waals surface area contributed by atoms with Crippen LogP contribution in [0.1, 0.15) is 20.8 Å². The number of hydrogen-bond donors (Lipinski definition) is 2. The summed E-state index contributed by atoms with van der Waals surface area (Å²) in [6.07, 6.45) is 4.15. The molecule has 27 heavy (non-hydrogen) atoms. The molecule has 0 aliphatic carbocycles. The highest BCUT2D eigenvalue weighted by Crippen LogP contribution is 2.25. The van der Waals surface area contributed by atoms with Crippen LogP contribution in [-0.2, 0) is 13.8 Å².